The Bertz CT molecular complexity index is 401. The highest BCUT2D eigenvalue weighted by atomic mass is 35.5. The number of piperazine rings is 1. The van der Waals surface area contributed by atoms with Crippen molar-refractivity contribution in [1.82, 2.24) is 10.6 Å². The second-order valence-corrected chi connectivity index (χ2v) is 4.54. The molecule has 0 radical (unpaired) electrons. The normalized spacial score (nSPS) is 18.2. The molecule has 0 aromatic heterocycles. The second kappa shape index (κ2) is 8.82. The van der Waals surface area contributed by atoms with Crippen molar-refractivity contribution in [2.45, 2.75) is 12.5 Å². The van der Waals surface area contributed by atoms with Gasteiger partial charge in [0.1, 0.15) is 11.6 Å². The molecule has 0 aliphatic carbocycles. The molecule has 1 aliphatic rings. The zero-order chi connectivity index (χ0) is 12.3. The van der Waals surface area contributed by atoms with E-state index in [1.165, 1.54) is 13.2 Å². The highest BCUT2D eigenvalue weighted by Gasteiger charge is 2.16. The zero-order valence-corrected chi connectivity index (χ0v) is 12.9. The van der Waals surface area contributed by atoms with Crippen LogP contribution in [0.4, 0.5) is 4.39 Å². The summed E-state index contributed by atoms with van der Waals surface area (Å²) in [7, 11) is 1.53. The van der Waals surface area contributed by atoms with E-state index in [0.717, 1.165) is 19.6 Å². The van der Waals surface area contributed by atoms with Gasteiger partial charge in [-0.05, 0) is 24.1 Å². The molecule has 0 bridgehead atoms. The average Bonchev–Trinajstić information content (AvgIpc) is 2.34. The number of hydrogen-bond donors (Lipinski definition) is 2. The standard InChI is InChI=1S/C12H16ClFN2O.2ClH/c1-17-12-5-8(11(14)6-10(12)13)4-9-7-15-2-3-16-9;;/h5-6,9,15-16H,2-4,7H2,1H3;2*1H. The molecule has 1 fully saturated rings. The SMILES string of the molecule is COc1cc(CC2CNCCN2)c(F)cc1Cl.Cl.Cl. The molecule has 7 heteroatoms. The van der Waals surface area contributed by atoms with Crippen molar-refractivity contribution in [1.29, 1.82) is 0 Å². The molecule has 19 heavy (non-hydrogen) atoms. The summed E-state index contributed by atoms with van der Waals surface area (Å²) in [5.41, 5.74) is 0.632. The molecule has 1 heterocycles. The van der Waals surface area contributed by atoms with Gasteiger partial charge in [0, 0.05) is 25.7 Å². The van der Waals surface area contributed by atoms with Crippen LogP contribution in [0, 0.1) is 5.82 Å². The molecular formula is C12H18Cl3FN2O. The van der Waals surface area contributed by atoms with E-state index in [-0.39, 0.29) is 36.7 Å². The number of ether oxygens (including phenoxy) is 1. The largest absolute Gasteiger partial charge is 0.495 e. The second-order valence-electron chi connectivity index (χ2n) is 4.14. The summed E-state index contributed by atoms with van der Waals surface area (Å²) in [5.74, 6) is 0.245. The molecule has 1 atom stereocenters. The molecule has 0 saturated carbocycles. The Kier molecular flexibility index (Phi) is 8.70. The third-order valence-corrected chi connectivity index (χ3v) is 3.21. The lowest BCUT2D eigenvalue weighted by atomic mass is 10.0. The quantitative estimate of drug-likeness (QED) is 0.892. The van der Waals surface area contributed by atoms with Crippen LogP contribution >= 0.6 is 36.4 Å². The minimum atomic E-state index is -0.275. The molecule has 1 aliphatic heterocycles. The molecule has 1 unspecified atom stereocenters. The van der Waals surface area contributed by atoms with Gasteiger partial charge in [0.15, 0.2) is 0 Å². The minimum Gasteiger partial charge on any atom is -0.495 e. The number of benzene rings is 1. The van der Waals surface area contributed by atoms with Crippen LogP contribution in [0.5, 0.6) is 5.75 Å². The van der Waals surface area contributed by atoms with Crippen molar-refractivity contribution in [3.63, 3.8) is 0 Å². The maximum absolute atomic E-state index is 13.7. The molecule has 0 amide bonds. The lowest BCUT2D eigenvalue weighted by molar-refractivity contribution is 0.403. The van der Waals surface area contributed by atoms with Crippen LogP contribution in [0.3, 0.4) is 0 Å². The Morgan fingerprint density at radius 1 is 1.37 bits per heavy atom. The first-order valence-corrected chi connectivity index (χ1v) is 6.04. The first-order chi connectivity index (χ1) is 8.20. The number of hydrogen-bond acceptors (Lipinski definition) is 3. The monoisotopic (exact) mass is 330 g/mol. The van der Waals surface area contributed by atoms with E-state index in [0.29, 0.717) is 22.8 Å². The Hall–Kier alpha value is -0.260. The van der Waals surface area contributed by atoms with E-state index >= 15 is 0 Å². The Balaban J connectivity index is 0.00000162. The minimum absolute atomic E-state index is 0. The smallest absolute Gasteiger partial charge is 0.137 e. The van der Waals surface area contributed by atoms with Gasteiger partial charge in [0.05, 0.1) is 12.1 Å². The van der Waals surface area contributed by atoms with E-state index < -0.39 is 0 Å². The summed E-state index contributed by atoms with van der Waals surface area (Å²) in [4.78, 5) is 0. The summed E-state index contributed by atoms with van der Waals surface area (Å²) in [6.07, 6.45) is 0.631. The number of rotatable bonds is 3. The topological polar surface area (TPSA) is 33.3 Å². The fraction of sp³-hybridized carbons (Fsp3) is 0.500. The van der Waals surface area contributed by atoms with Crippen molar-refractivity contribution >= 4 is 36.4 Å². The van der Waals surface area contributed by atoms with Gasteiger partial charge in [-0.15, -0.1) is 24.8 Å². The third-order valence-electron chi connectivity index (χ3n) is 2.91. The molecule has 1 aromatic carbocycles. The van der Waals surface area contributed by atoms with Crippen LogP contribution < -0.4 is 15.4 Å². The Morgan fingerprint density at radius 2 is 2.11 bits per heavy atom. The first-order valence-electron chi connectivity index (χ1n) is 5.66. The molecule has 110 valence electrons. The molecule has 1 aromatic rings. The summed E-state index contributed by atoms with van der Waals surface area (Å²) < 4.78 is 18.8. The summed E-state index contributed by atoms with van der Waals surface area (Å²) in [6, 6.07) is 3.24. The Labute approximate surface area is 130 Å². The lowest BCUT2D eigenvalue weighted by Gasteiger charge is -2.24. The van der Waals surface area contributed by atoms with Gasteiger partial charge < -0.3 is 15.4 Å². The average molecular weight is 332 g/mol. The maximum Gasteiger partial charge on any atom is 0.137 e. The van der Waals surface area contributed by atoms with Gasteiger partial charge in [-0.2, -0.15) is 0 Å². The van der Waals surface area contributed by atoms with Gasteiger partial charge >= 0.3 is 0 Å². The van der Waals surface area contributed by atoms with Crippen molar-refractivity contribution in [3.8, 4) is 5.75 Å². The molecule has 3 nitrogen and oxygen atoms in total. The molecule has 1 saturated heterocycles. The number of methoxy groups -OCH3 is 1. The maximum atomic E-state index is 13.7. The fourth-order valence-electron chi connectivity index (χ4n) is 2.01. The van der Waals surface area contributed by atoms with Crippen LogP contribution in [0.25, 0.3) is 0 Å². The molecule has 2 N–H and O–H groups in total. The highest BCUT2D eigenvalue weighted by molar-refractivity contribution is 6.32. The third kappa shape index (κ3) is 4.97. The van der Waals surface area contributed by atoms with Crippen molar-refractivity contribution in [2.75, 3.05) is 26.7 Å². The van der Waals surface area contributed by atoms with Crippen molar-refractivity contribution in [2.24, 2.45) is 0 Å². The first kappa shape index (κ1) is 18.7. The van der Waals surface area contributed by atoms with Gasteiger partial charge in [-0.1, -0.05) is 11.6 Å². The van der Waals surface area contributed by atoms with Crippen LogP contribution in [0.1, 0.15) is 5.56 Å². The highest BCUT2D eigenvalue weighted by Crippen LogP contribution is 2.28. The lowest BCUT2D eigenvalue weighted by Crippen LogP contribution is -2.49. The van der Waals surface area contributed by atoms with Gasteiger partial charge in [-0.25, -0.2) is 4.39 Å². The van der Waals surface area contributed by atoms with Crippen molar-refractivity contribution in [3.05, 3.63) is 28.5 Å². The summed E-state index contributed by atoms with van der Waals surface area (Å²) in [5, 5.41) is 6.92. The summed E-state index contributed by atoms with van der Waals surface area (Å²) >= 11 is 5.85. The number of nitrogens with one attached hydrogen (secondary N) is 2. The predicted molar refractivity (Wildman–Crippen MR) is 80.8 cm³/mol. The van der Waals surface area contributed by atoms with Gasteiger partial charge in [0.25, 0.3) is 0 Å². The van der Waals surface area contributed by atoms with E-state index in [9.17, 15) is 4.39 Å². The van der Waals surface area contributed by atoms with Gasteiger partial charge in [0.2, 0.25) is 0 Å². The molecular weight excluding hydrogens is 314 g/mol. The molecule has 0 spiro atoms. The zero-order valence-electron chi connectivity index (χ0n) is 10.5. The van der Waals surface area contributed by atoms with Crippen LogP contribution in [0.2, 0.25) is 5.02 Å². The summed E-state index contributed by atoms with van der Waals surface area (Å²) in [6.45, 7) is 2.73. The van der Waals surface area contributed by atoms with E-state index in [1.807, 2.05) is 0 Å². The van der Waals surface area contributed by atoms with E-state index in [1.54, 1.807) is 6.07 Å². The fourth-order valence-corrected chi connectivity index (χ4v) is 2.23. The number of halogens is 4. The Morgan fingerprint density at radius 3 is 2.68 bits per heavy atom. The van der Waals surface area contributed by atoms with E-state index in [4.69, 9.17) is 16.3 Å². The van der Waals surface area contributed by atoms with Crippen LogP contribution in [-0.2, 0) is 6.42 Å². The predicted octanol–water partition coefficient (Wildman–Crippen LogP) is 2.44. The van der Waals surface area contributed by atoms with Crippen molar-refractivity contribution < 1.29 is 9.13 Å². The molecule has 2 rings (SSSR count). The van der Waals surface area contributed by atoms with Crippen LogP contribution in [0.15, 0.2) is 12.1 Å². The van der Waals surface area contributed by atoms with Crippen LogP contribution in [-0.4, -0.2) is 32.8 Å². The van der Waals surface area contributed by atoms with Gasteiger partial charge in [-0.3, -0.25) is 0 Å². The van der Waals surface area contributed by atoms with E-state index in [2.05, 4.69) is 10.6 Å².